The molecule has 2 atom stereocenters. The fourth-order valence-electron chi connectivity index (χ4n) is 9.07. The first-order valence-electron chi connectivity index (χ1n) is 21.2. The highest BCUT2D eigenvalue weighted by molar-refractivity contribution is 6.22. The van der Waals surface area contributed by atoms with Crippen molar-refractivity contribution < 1.29 is 28.8 Å². The fourth-order valence-corrected chi connectivity index (χ4v) is 9.07. The molecule has 4 aliphatic heterocycles. The van der Waals surface area contributed by atoms with E-state index in [4.69, 9.17) is 31.0 Å². The van der Waals surface area contributed by atoms with Crippen LogP contribution in [-0.4, -0.2) is 122 Å². The van der Waals surface area contributed by atoms with Gasteiger partial charge in [0.25, 0.3) is 11.8 Å². The summed E-state index contributed by atoms with van der Waals surface area (Å²) in [6.45, 7) is 5.74. The summed E-state index contributed by atoms with van der Waals surface area (Å²) in [6.07, 6.45) is 5.21. The lowest BCUT2D eigenvalue weighted by Gasteiger charge is -2.39. The van der Waals surface area contributed by atoms with Crippen LogP contribution in [0.3, 0.4) is 0 Å². The monoisotopic (exact) mass is 829 g/mol. The van der Waals surface area contributed by atoms with E-state index in [-0.39, 0.29) is 24.5 Å². The van der Waals surface area contributed by atoms with Gasteiger partial charge in [-0.15, -0.1) is 0 Å². The first-order valence-corrected chi connectivity index (χ1v) is 21.2. The molecular weight excluding hydrogens is 779 g/mol. The van der Waals surface area contributed by atoms with E-state index >= 15 is 0 Å². The van der Waals surface area contributed by atoms with Crippen LogP contribution >= 0.6 is 0 Å². The number of nitrogen functional groups attached to an aromatic ring is 1. The number of carbonyl (C=O) groups excluding carboxylic acids is 3. The summed E-state index contributed by atoms with van der Waals surface area (Å²) in [4.78, 5) is 67.4. The first kappa shape index (κ1) is 40.6. The summed E-state index contributed by atoms with van der Waals surface area (Å²) in [6, 6.07) is 22.8. The molecule has 5 aromatic rings. The average molecular weight is 830 g/mol. The van der Waals surface area contributed by atoms with Crippen molar-refractivity contribution >= 4 is 34.6 Å². The largest absolute Gasteiger partial charge is 0.457 e. The molecule has 0 aliphatic carbocycles. The minimum Gasteiger partial charge on any atom is -0.457 e. The number of rotatable bonds is 13. The van der Waals surface area contributed by atoms with Crippen LogP contribution in [0.25, 0.3) is 22.3 Å². The number of nitrogens with two attached hydrogens (primary N) is 2. The van der Waals surface area contributed by atoms with Crippen LogP contribution in [-0.2, 0) is 14.5 Å². The van der Waals surface area contributed by atoms with Crippen molar-refractivity contribution in [1.29, 1.82) is 0 Å². The Labute approximate surface area is 353 Å². The molecule has 3 aromatic carbocycles. The molecule has 3 amide bonds. The number of ether oxygens (including phenoxy) is 1. The van der Waals surface area contributed by atoms with Crippen molar-refractivity contribution in [2.45, 2.75) is 56.8 Å². The number of aromatic nitrogens is 4. The molecule has 6 heterocycles. The summed E-state index contributed by atoms with van der Waals surface area (Å²) in [5.74, 6) is 1.29. The topological polar surface area (TPSA) is 200 Å². The van der Waals surface area contributed by atoms with Gasteiger partial charge in [0.2, 0.25) is 5.91 Å². The van der Waals surface area contributed by atoms with Gasteiger partial charge in [-0.25, -0.2) is 19.5 Å². The molecule has 0 saturated carbocycles. The molecule has 4 aliphatic rings. The number of nitrogens with zero attached hydrogens (tertiary/aromatic N) is 8. The summed E-state index contributed by atoms with van der Waals surface area (Å²) in [5, 5.41) is 5.84. The van der Waals surface area contributed by atoms with Gasteiger partial charge in [0, 0.05) is 70.3 Å². The number of carbonyl (C=O) groups is 3. The number of piperazine rings is 1. The lowest BCUT2D eigenvalue weighted by Crippen LogP contribution is -2.51. The second kappa shape index (κ2) is 18.0. The number of hydrogen-bond acceptors (Lipinski definition) is 14. The van der Waals surface area contributed by atoms with Crippen LogP contribution in [0.1, 0.15) is 76.9 Å². The van der Waals surface area contributed by atoms with E-state index in [0.29, 0.717) is 62.6 Å². The maximum atomic E-state index is 13.6. The smallest absolute Gasteiger partial charge is 0.264 e. The van der Waals surface area contributed by atoms with Gasteiger partial charge in [-0.1, -0.05) is 36.0 Å². The predicted octanol–water partition coefficient (Wildman–Crippen LogP) is 4.30. The molecule has 0 bridgehead atoms. The second-order valence-electron chi connectivity index (χ2n) is 15.9. The van der Waals surface area contributed by atoms with Gasteiger partial charge >= 0.3 is 0 Å². The summed E-state index contributed by atoms with van der Waals surface area (Å²) in [5.41, 5.74) is 18.9. The van der Waals surface area contributed by atoms with Crippen molar-refractivity contribution in [2.75, 3.05) is 64.7 Å². The average Bonchev–Trinajstić information content (AvgIpc) is 3.82. The summed E-state index contributed by atoms with van der Waals surface area (Å²) < 4.78 is 8.03. The van der Waals surface area contributed by atoms with E-state index in [0.717, 1.165) is 89.6 Å². The van der Waals surface area contributed by atoms with Crippen LogP contribution in [0.4, 0.5) is 5.82 Å². The highest BCUT2D eigenvalue weighted by Crippen LogP contribution is 2.37. The van der Waals surface area contributed by atoms with Gasteiger partial charge in [-0.2, -0.15) is 5.10 Å². The molecular formula is C44H51N11O6. The third kappa shape index (κ3) is 8.32. The Bertz CT molecular complexity index is 2360. The molecule has 0 spiro atoms. The van der Waals surface area contributed by atoms with Crippen LogP contribution in [0, 0.1) is 0 Å². The highest BCUT2D eigenvalue weighted by Gasteiger charge is 2.44. The SMILES string of the molecule is NCC(c1cccc2c1C(=O)N(C1CCONO1)C2=O)N1CCN(C(=O)CCCCN2CCC(n3nc(-c4ccc(Oc5ccccc5)cc4)c4c(N)ncnc43)CC2)CC1. The zero-order valence-corrected chi connectivity index (χ0v) is 34.0. The Morgan fingerprint density at radius 1 is 0.869 bits per heavy atom. The molecule has 9 rings (SSSR count). The lowest BCUT2D eigenvalue weighted by molar-refractivity contribution is -0.259. The Balaban J connectivity index is 0.742. The normalized spacial score (nSPS) is 19.7. The Hall–Kier alpha value is -5.82. The van der Waals surface area contributed by atoms with Gasteiger partial charge in [0.1, 0.15) is 29.3 Å². The maximum Gasteiger partial charge on any atom is 0.264 e. The quantitative estimate of drug-likeness (QED) is 0.112. The van der Waals surface area contributed by atoms with Crippen LogP contribution < -0.4 is 21.8 Å². The lowest BCUT2D eigenvalue weighted by atomic mass is 9.95. The van der Waals surface area contributed by atoms with Gasteiger partial charge in [-0.05, 0) is 80.3 Å². The van der Waals surface area contributed by atoms with E-state index in [1.807, 2.05) is 70.2 Å². The molecule has 2 unspecified atom stereocenters. The molecule has 2 aromatic heterocycles. The molecule has 5 N–H and O–H groups in total. The zero-order chi connectivity index (χ0) is 41.9. The number of para-hydroxylation sites is 1. The van der Waals surface area contributed by atoms with Crippen molar-refractivity contribution in [3.8, 4) is 22.8 Å². The van der Waals surface area contributed by atoms with E-state index in [9.17, 15) is 14.4 Å². The number of unbranched alkanes of at least 4 members (excludes halogenated alkanes) is 1. The fraction of sp³-hybridized carbons (Fsp3) is 0.409. The number of amides is 3. The second-order valence-corrected chi connectivity index (χ2v) is 15.9. The number of imide groups is 1. The van der Waals surface area contributed by atoms with Gasteiger partial charge in [0.15, 0.2) is 11.9 Å². The van der Waals surface area contributed by atoms with Crippen LogP contribution in [0.5, 0.6) is 11.5 Å². The van der Waals surface area contributed by atoms with Crippen molar-refractivity contribution in [3.63, 3.8) is 0 Å². The first-order chi connectivity index (χ1) is 29.9. The Kier molecular flexibility index (Phi) is 12.0. The number of benzene rings is 3. The van der Waals surface area contributed by atoms with Gasteiger partial charge in [0.05, 0.1) is 29.2 Å². The molecule has 318 valence electrons. The number of likely N-dealkylation sites (tertiary alicyclic amines) is 1. The molecule has 3 saturated heterocycles. The molecule has 3 fully saturated rings. The van der Waals surface area contributed by atoms with Crippen LogP contribution in [0.15, 0.2) is 79.1 Å². The van der Waals surface area contributed by atoms with E-state index in [2.05, 4.69) is 25.4 Å². The predicted molar refractivity (Wildman–Crippen MR) is 226 cm³/mol. The Morgan fingerprint density at radius 3 is 2.38 bits per heavy atom. The van der Waals surface area contributed by atoms with Crippen molar-refractivity contribution in [1.82, 2.24) is 45.0 Å². The standard InChI is InChI=1S/C44H51N11O6/c45-27-35(33-9-6-10-34-38(33)44(58)54(43(34)57)37-18-26-59-50-61-37)52-22-24-53(25-23-52)36(56)11-4-5-19-51-20-16-30(17-21-51)55-42-39(41(46)47-28-48-42)40(49-55)29-12-14-32(15-13-29)60-31-7-2-1-3-8-31/h1-3,6-10,12-15,28,30,35,37,50H,4-5,11,16-27,45H2,(H2,46,47,48). The minimum atomic E-state index is -0.760. The molecule has 61 heavy (non-hydrogen) atoms. The van der Waals surface area contributed by atoms with E-state index < -0.39 is 18.0 Å². The van der Waals surface area contributed by atoms with Crippen molar-refractivity contribution in [3.05, 3.63) is 95.8 Å². The molecule has 17 nitrogen and oxygen atoms in total. The van der Waals surface area contributed by atoms with E-state index in [1.165, 1.54) is 6.33 Å². The summed E-state index contributed by atoms with van der Waals surface area (Å²) >= 11 is 0. The van der Waals surface area contributed by atoms with Crippen LogP contribution in [0.2, 0.25) is 0 Å². The van der Waals surface area contributed by atoms with Gasteiger partial charge < -0.3 is 26.0 Å². The van der Waals surface area contributed by atoms with Gasteiger partial charge in [-0.3, -0.25) is 29.0 Å². The Morgan fingerprint density at radius 2 is 1.64 bits per heavy atom. The maximum absolute atomic E-state index is 13.6. The highest BCUT2D eigenvalue weighted by atomic mass is 16.9. The van der Waals surface area contributed by atoms with E-state index in [1.54, 1.807) is 12.1 Å². The minimum absolute atomic E-state index is 0.158. The van der Waals surface area contributed by atoms with Crippen molar-refractivity contribution in [2.24, 2.45) is 5.73 Å². The summed E-state index contributed by atoms with van der Waals surface area (Å²) in [7, 11) is 0. The third-order valence-corrected chi connectivity index (χ3v) is 12.3. The number of anilines is 1. The third-order valence-electron chi connectivity index (χ3n) is 12.3. The number of piperidine rings is 1. The number of nitrogens with one attached hydrogen (secondary N) is 1. The molecule has 0 radical (unpaired) electrons. The number of fused-ring (bicyclic) bond motifs is 2. The number of hydrogen-bond donors (Lipinski definition) is 3. The zero-order valence-electron chi connectivity index (χ0n) is 34.0. The molecule has 17 heteroatoms.